The van der Waals surface area contributed by atoms with E-state index in [1.54, 1.807) is 13.1 Å². The first-order valence-corrected chi connectivity index (χ1v) is 14.3. The zero-order valence-corrected chi connectivity index (χ0v) is 25.6. The zero-order valence-electron chi connectivity index (χ0n) is 24.8. The van der Waals surface area contributed by atoms with Crippen molar-refractivity contribution in [2.45, 2.75) is 19.8 Å². The smallest absolute Gasteiger partial charge is 0.247 e. The molecule has 4 rings (SSSR count). The summed E-state index contributed by atoms with van der Waals surface area (Å²) in [6.07, 6.45) is 2.61. The second-order valence-corrected chi connectivity index (χ2v) is 10.4. The maximum absolute atomic E-state index is 15.0. The Morgan fingerprint density at radius 1 is 1.12 bits per heavy atom. The molecule has 2 heterocycles. The summed E-state index contributed by atoms with van der Waals surface area (Å²) in [4.78, 5) is 40.2. The molecule has 1 aromatic heterocycles. The van der Waals surface area contributed by atoms with Crippen LogP contribution in [0.3, 0.4) is 0 Å². The lowest BCUT2D eigenvalue weighted by atomic mass is 10.0. The minimum Gasteiger partial charge on any atom is -0.495 e. The first-order chi connectivity index (χ1) is 20.7. The molecule has 3 aromatic rings. The molecule has 228 valence electrons. The summed E-state index contributed by atoms with van der Waals surface area (Å²) in [6.45, 7) is 10.5. The van der Waals surface area contributed by atoms with E-state index in [1.165, 1.54) is 37.6 Å². The largest absolute Gasteiger partial charge is 0.495 e. The van der Waals surface area contributed by atoms with Crippen LogP contribution in [-0.2, 0) is 22.4 Å². The van der Waals surface area contributed by atoms with E-state index >= 15 is 4.39 Å². The third-order valence-corrected chi connectivity index (χ3v) is 7.93. The average molecular weight is 611 g/mol. The van der Waals surface area contributed by atoms with E-state index in [9.17, 15) is 9.59 Å². The number of aromatic nitrogens is 2. The first kappa shape index (κ1) is 31.7. The van der Waals surface area contributed by atoms with E-state index in [2.05, 4.69) is 38.6 Å². The van der Waals surface area contributed by atoms with Crippen molar-refractivity contribution >= 4 is 40.6 Å². The van der Waals surface area contributed by atoms with Crippen LogP contribution in [0.4, 0.5) is 21.6 Å². The number of hydrogen-bond acceptors (Lipinski definition) is 8. The number of benzene rings is 2. The normalized spacial score (nSPS) is 13.4. The fourth-order valence-electron chi connectivity index (χ4n) is 4.89. The standard InChI is InChI=1S/C31H36ClFN6O4/c1-6-28(40)36-24-16-22(39-12-10-38(7-2)11-13-39)9-8-20(24)14-21-15-27(35-19-34-21)37(3)29(41)17-23-30(32)25(42-4)18-26(43-5)31(23)33/h6,8-9,15-16,18-19H,1,7,10-14,17H2,2-5H3,(H,36,40). The summed E-state index contributed by atoms with van der Waals surface area (Å²) in [7, 11) is 4.26. The number of nitrogens with one attached hydrogen (secondary N) is 1. The molecule has 0 radical (unpaired) electrons. The predicted octanol–water partition coefficient (Wildman–Crippen LogP) is 4.35. The average Bonchev–Trinajstić information content (AvgIpc) is 3.03. The zero-order chi connectivity index (χ0) is 31.1. The van der Waals surface area contributed by atoms with Gasteiger partial charge in [0.2, 0.25) is 11.8 Å². The minimum absolute atomic E-state index is 0.00397. The number of methoxy groups -OCH3 is 2. The van der Waals surface area contributed by atoms with Crippen LogP contribution in [0.5, 0.6) is 11.5 Å². The summed E-state index contributed by atoms with van der Waals surface area (Å²) in [5.41, 5.74) is 3.09. The summed E-state index contributed by atoms with van der Waals surface area (Å²) in [5.74, 6) is -1.06. The Labute approximate surface area is 256 Å². The predicted molar refractivity (Wildman–Crippen MR) is 166 cm³/mol. The molecule has 2 aromatic carbocycles. The molecule has 1 aliphatic heterocycles. The monoisotopic (exact) mass is 610 g/mol. The number of hydrogen-bond donors (Lipinski definition) is 1. The second-order valence-electron chi connectivity index (χ2n) is 10.0. The fourth-order valence-corrected chi connectivity index (χ4v) is 5.17. The Morgan fingerprint density at radius 3 is 2.49 bits per heavy atom. The van der Waals surface area contributed by atoms with Crippen molar-refractivity contribution in [3.63, 3.8) is 0 Å². The van der Waals surface area contributed by atoms with Gasteiger partial charge in [-0.3, -0.25) is 14.5 Å². The van der Waals surface area contributed by atoms with E-state index in [-0.39, 0.29) is 34.4 Å². The Balaban J connectivity index is 1.55. The molecule has 1 saturated heterocycles. The molecule has 0 spiro atoms. The van der Waals surface area contributed by atoms with Gasteiger partial charge in [-0.1, -0.05) is 31.2 Å². The number of halogens is 2. The van der Waals surface area contributed by atoms with Crippen molar-refractivity contribution in [3.05, 3.63) is 77.0 Å². The Kier molecular flexibility index (Phi) is 10.5. The molecule has 43 heavy (non-hydrogen) atoms. The molecular formula is C31H36ClFN6O4. The highest BCUT2D eigenvalue weighted by molar-refractivity contribution is 6.33. The summed E-state index contributed by atoms with van der Waals surface area (Å²) >= 11 is 6.33. The van der Waals surface area contributed by atoms with E-state index < -0.39 is 11.7 Å². The van der Waals surface area contributed by atoms with Gasteiger partial charge in [-0.25, -0.2) is 14.4 Å². The topological polar surface area (TPSA) is 100 Å². The second kappa shape index (κ2) is 14.3. The van der Waals surface area contributed by atoms with Crippen LogP contribution < -0.4 is 24.6 Å². The van der Waals surface area contributed by atoms with Gasteiger partial charge >= 0.3 is 0 Å². The number of amides is 2. The number of piperazine rings is 1. The van der Waals surface area contributed by atoms with Crippen LogP contribution in [-0.4, -0.2) is 80.7 Å². The SMILES string of the molecule is C=CC(=O)Nc1cc(N2CCN(CC)CC2)ccc1Cc1cc(N(C)C(=O)Cc2c(F)c(OC)cc(OC)c2Cl)ncn1. The van der Waals surface area contributed by atoms with Crippen molar-refractivity contribution in [1.82, 2.24) is 14.9 Å². The van der Waals surface area contributed by atoms with Crippen molar-refractivity contribution in [1.29, 1.82) is 0 Å². The number of ether oxygens (including phenoxy) is 2. The maximum atomic E-state index is 15.0. The third-order valence-electron chi connectivity index (χ3n) is 7.51. The van der Waals surface area contributed by atoms with Crippen LogP contribution in [0.2, 0.25) is 5.02 Å². The summed E-state index contributed by atoms with van der Waals surface area (Å²) < 4.78 is 25.3. The van der Waals surface area contributed by atoms with E-state index in [1.807, 2.05) is 18.2 Å². The lowest BCUT2D eigenvalue weighted by Crippen LogP contribution is -2.46. The van der Waals surface area contributed by atoms with Crippen molar-refractivity contribution in [3.8, 4) is 11.5 Å². The summed E-state index contributed by atoms with van der Waals surface area (Å²) in [5, 5.41) is 2.92. The van der Waals surface area contributed by atoms with Crippen LogP contribution in [0, 0.1) is 5.82 Å². The molecule has 12 heteroatoms. The maximum Gasteiger partial charge on any atom is 0.247 e. The molecule has 2 amide bonds. The minimum atomic E-state index is -0.733. The lowest BCUT2D eigenvalue weighted by molar-refractivity contribution is -0.117. The van der Waals surface area contributed by atoms with Gasteiger partial charge in [0.05, 0.1) is 31.4 Å². The number of anilines is 3. The third kappa shape index (κ3) is 7.41. The molecule has 0 unspecified atom stereocenters. The van der Waals surface area contributed by atoms with Gasteiger partial charge < -0.3 is 24.6 Å². The number of carbonyl (C=O) groups is 2. The molecule has 0 atom stereocenters. The van der Waals surface area contributed by atoms with Crippen LogP contribution >= 0.6 is 11.6 Å². The van der Waals surface area contributed by atoms with Gasteiger partial charge in [-0.2, -0.15) is 0 Å². The molecule has 0 bridgehead atoms. The van der Waals surface area contributed by atoms with Crippen LogP contribution in [0.1, 0.15) is 23.7 Å². The first-order valence-electron chi connectivity index (χ1n) is 13.9. The molecular weight excluding hydrogens is 575 g/mol. The van der Waals surface area contributed by atoms with Gasteiger partial charge in [0.15, 0.2) is 11.6 Å². The van der Waals surface area contributed by atoms with Crippen molar-refractivity contribution in [2.24, 2.45) is 0 Å². The highest BCUT2D eigenvalue weighted by atomic mass is 35.5. The van der Waals surface area contributed by atoms with Gasteiger partial charge in [0.25, 0.3) is 0 Å². The molecule has 1 fully saturated rings. The van der Waals surface area contributed by atoms with Crippen molar-refractivity contribution < 1.29 is 23.5 Å². The number of rotatable bonds is 11. The Hall–Kier alpha value is -4.22. The molecule has 0 aliphatic carbocycles. The fraction of sp³-hybridized carbons (Fsp3) is 0.355. The summed E-state index contributed by atoms with van der Waals surface area (Å²) in [6, 6.07) is 8.99. The Bertz CT molecular complexity index is 1470. The molecule has 1 aliphatic rings. The van der Waals surface area contributed by atoms with Gasteiger partial charge in [0.1, 0.15) is 17.9 Å². The molecule has 0 saturated carbocycles. The number of nitrogens with zero attached hydrogens (tertiary/aromatic N) is 5. The quantitative estimate of drug-likeness (QED) is 0.320. The lowest BCUT2D eigenvalue weighted by Gasteiger charge is -2.35. The van der Waals surface area contributed by atoms with Crippen LogP contribution in [0.25, 0.3) is 0 Å². The van der Waals surface area contributed by atoms with Crippen LogP contribution in [0.15, 0.2) is 49.3 Å². The van der Waals surface area contributed by atoms with E-state index in [0.717, 1.165) is 44.0 Å². The van der Waals surface area contributed by atoms with Gasteiger partial charge in [0, 0.05) is 68.7 Å². The highest BCUT2D eigenvalue weighted by Gasteiger charge is 2.24. The number of carbonyl (C=O) groups excluding carboxylic acids is 2. The molecule has 1 N–H and O–H groups in total. The Morgan fingerprint density at radius 2 is 1.84 bits per heavy atom. The highest BCUT2D eigenvalue weighted by Crippen LogP contribution is 2.37. The molecule has 10 nitrogen and oxygen atoms in total. The van der Waals surface area contributed by atoms with Gasteiger partial charge in [-0.05, 0) is 30.3 Å². The number of likely N-dealkylation sites (N-methyl/N-ethyl adjacent to an activating group) is 2. The van der Waals surface area contributed by atoms with Gasteiger partial charge in [-0.15, -0.1) is 0 Å². The van der Waals surface area contributed by atoms with Crippen molar-refractivity contribution in [2.75, 3.05) is 69.1 Å². The van der Waals surface area contributed by atoms with E-state index in [0.29, 0.717) is 23.6 Å². The van der Waals surface area contributed by atoms with E-state index in [4.69, 9.17) is 21.1 Å².